The van der Waals surface area contributed by atoms with Gasteiger partial charge < -0.3 is 19.4 Å². The molecule has 0 unspecified atom stereocenters. The van der Waals surface area contributed by atoms with Crippen LogP contribution in [0, 0.1) is 5.92 Å². The molecule has 2 fully saturated rings. The molecule has 8 nitrogen and oxygen atoms in total. The van der Waals surface area contributed by atoms with E-state index in [9.17, 15) is 19.2 Å². The third kappa shape index (κ3) is 4.10. The third-order valence-electron chi connectivity index (χ3n) is 4.87. The Hall–Kier alpha value is -2.90. The summed E-state index contributed by atoms with van der Waals surface area (Å²) >= 11 is 0. The van der Waals surface area contributed by atoms with Gasteiger partial charge in [0.2, 0.25) is 11.8 Å². The molecule has 0 aromatic heterocycles. The van der Waals surface area contributed by atoms with Gasteiger partial charge in [0.25, 0.3) is 0 Å². The number of hydrogen-bond acceptors (Lipinski definition) is 5. The quantitative estimate of drug-likeness (QED) is 0.561. The summed E-state index contributed by atoms with van der Waals surface area (Å²) in [5.74, 6) is -2.06. The summed E-state index contributed by atoms with van der Waals surface area (Å²) in [6, 6.07) is 9.30. The summed E-state index contributed by atoms with van der Waals surface area (Å²) in [5.41, 5.74) is 0.794. The van der Waals surface area contributed by atoms with E-state index in [-0.39, 0.29) is 43.8 Å². The molecule has 3 rings (SSSR count). The normalized spacial score (nSPS) is 20.0. The van der Waals surface area contributed by atoms with E-state index in [0.717, 1.165) is 5.69 Å². The fraction of sp³-hybridized carbons (Fsp3) is 0.474. The van der Waals surface area contributed by atoms with Crippen LogP contribution >= 0.6 is 0 Å². The van der Waals surface area contributed by atoms with Crippen molar-refractivity contribution in [2.45, 2.75) is 13.3 Å². The van der Waals surface area contributed by atoms with Crippen LogP contribution in [0.2, 0.25) is 0 Å². The Morgan fingerprint density at radius 1 is 1.04 bits per heavy atom. The minimum absolute atomic E-state index is 0.0596. The second-order valence-electron chi connectivity index (χ2n) is 6.58. The van der Waals surface area contributed by atoms with Gasteiger partial charge in [-0.3, -0.25) is 14.4 Å². The van der Waals surface area contributed by atoms with Gasteiger partial charge in [0.15, 0.2) is 0 Å². The molecule has 1 aromatic carbocycles. The summed E-state index contributed by atoms with van der Waals surface area (Å²) in [6.07, 6.45) is 0.190. The predicted octanol–water partition coefficient (Wildman–Crippen LogP) is 0.273. The predicted molar refractivity (Wildman–Crippen MR) is 96.7 cm³/mol. The maximum Gasteiger partial charge on any atom is 0.397 e. The van der Waals surface area contributed by atoms with Gasteiger partial charge in [-0.05, 0) is 19.1 Å². The van der Waals surface area contributed by atoms with Crippen LogP contribution in [0.3, 0.4) is 0 Å². The van der Waals surface area contributed by atoms with Gasteiger partial charge in [-0.15, -0.1) is 0 Å². The van der Waals surface area contributed by atoms with Crippen LogP contribution in [0.5, 0.6) is 0 Å². The van der Waals surface area contributed by atoms with Crippen LogP contribution in [-0.2, 0) is 23.9 Å². The molecule has 2 aliphatic rings. The minimum atomic E-state index is -0.864. The lowest BCUT2D eigenvalue weighted by molar-refractivity contribution is -0.161. The number of anilines is 1. The monoisotopic (exact) mass is 373 g/mol. The highest BCUT2D eigenvalue weighted by atomic mass is 16.5. The van der Waals surface area contributed by atoms with Gasteiger partial charge in [-0.2, -0.15) is 0 Å². The maximum atomic E-state index is 12.8. The highest BCUT2D eigenvalue weighted by molar-refractivity contribution is 6.32. The average Bonchev–Trinajstić information content (AvgIpc) is 3.09. The average molecular weight is 373 g/mol. The molecule has 0 radical (unpaired) electrons. The van der Waals surface area contributed by atoms with E-state index in [1.807, 2.05) is 30.3 Å². The highest BCUT2D eigenvalue weighted by Gasteiger charge is 2.38. The Morgan fingerprint density at radius 2 is 1.67 bits per heavy atom. The topological polar surface area (TPSA) is 87.2 Å². The Kier molecular flexibility index (Phi) is 5.73. The van der Waals surface area contributed by atoms with Crippen LogP contribution in [0.1, 0.15) is 13.3 Å². The second kappa shape index (κ2) is 8.20. The van der Waals surface area contributed by atoms with Gasteiger partial charge in [-0.25, -0.2) is 4.79 Å². The number of piperazine rings is 1. The van der Waals surface area contributed by atoms with Crippen molar-refractivity contribution < 1.29 is 23.9 Å². The molecule has 2 aliphatic heterocycles. The first-order valence-corrected chi connectivity index (χ1v) is 9.11. The Bertz CT molecular complexity index is 728. The summed E-state index contributed by atoms with van der Waals surface area (Å²) in [6.45, 7) is 3.42. The number of ether oxygens (including phenoxy) is 1. The maximum absolute atomic E-state index is 12.8. The number of carbonyl (C=O) groups is 4. The number of amides is 3. The number of nitrogens with zero attached hydrogens (tertiary/aromatic N) is 3. The number of hydrogen-bond donors (Lipinski definition) is 0. The Balaban J connectivity index is 1.55. The SMILES string of the molecule is CCOC(=O)C(=O)N1CCN(C(=O)[C@H]2CC(=O)N(c3ccccc3)C2)CC1. The molecule has 3 amide bonds. The first-order chi connectivity index (χ1) is 13.0. The largest absolute Gasteiger partial charge is 0.459 e. The van der Waals surface area contributed by atoms with Gasteiger partial charge in [-0.1, -0.05) is 18.2 Å². The number of benzene rings is 1. The number of esters is 1. The molecule has 144 valence electrons. The molecule has 2 heterocycles. The number of para-hydroxylation sites is 1. The summed E-state index contributed by atoms with van der Waals surface area (Å²) in [5, 5.41) is 0. The van der Waals surface area contributed by atoms with Crippen molar-refractivity contribution in [2.24, 2.45) is 5.92 Å². The molecular formula is C19H23N3O5. The first-order valence-electron chi connectivity index (χ1n) is 9.11. The third-order valence-corrected chi connectivity index (χ3v) is 4.87. The lowest BCUT2D eigenvalue weighted by Gasteiger charge is -2.35. The second-order valence-corrected chi connectivity index (χ2v) is 6.58. The molecule has 0 N–H and O–H groups in total. The lowest BCUT2D eigenvalue weighted by Crippen LogP contribution is -2.53. The standard InChI is InChI=1S/C19H23N3O5/c1-2-27-19(26)18(25)21-10-8-20(9-11-21)17(24)14-12-16(23)22(13-14)15-6-4-3-5-7-15/h3-7,14H,2,8-13H2,1H3/t14-/m0/s1. The van der Waals surface area contributed by atoms with Crippen LogP contribution in [0.25, 0.3) is 0 Å². The Labute approximate surface area is 157 Å². The van der Waals surface area contributed by atoms with E-state index in [4.69, 9.17) is 4.74 Å². The van der Waals surface area contributed by atoms with Crippen LogP contribution in [-0.4, -0.2) is 72.8 Å². The van der Waals surface area contributed by atoms with E-state index in [2.05, 4.69) is 0 Å². The van der Waals surface area contributed by atoms with E-state index >= 15 is 0 Å². The van der Waals surface area contributed by atoms with Gasteiger partial charge in [0.05, 0.1) is 12.5 Å². The van der Waals surface area contributed by atoms with Crippen LogP contribution in [0.15, 0.2) is 30.3 Å². The Morgan fingerprint density at radius 3 is 2.30 bits per heavy atom. The molecule has 0 bridgehead atoms. The van der Waals surface area contributed by atoms with E-state index in [1.165, 1.54) is 4.90 Å². The molecule has 27 heavy (non-hydrogen) atoms. The summed E-state index contributed by atoms with van der Waals surface area (Å²) in [4.78, 5) is 53.3. The molecule has 2 saturated heterocycles. The minimum Gasteiger partial charge on any atom is -0.459 e. The molecule has 1 atom stereocenters. The molecular weight excluding hydrogens is 350 g/mol. The van der Waals surface area contributed by atoms with Crippen molar-refractivity contribution in [3.05, 3.63) is 30.3 Å². The van der Waals surface area contributed by atoms with E-state index in [0.29, 0.717) is 19.6 Å². The van der Waals surface area contributed by atoms with E-state index in [1.54, 1.807) is 16.7 Å². The van der Waals surface area contributed by atoms with Crippen molar-refractivity contribution in [3.8, 4) is 0 Å². The van der Waals surface area contributed by atoms with Gasteiger partial charge >= 0.3 is 11.9 Å². The van der Waals surface area contributed by atoms with Crippen molar-refractivity contribution >= 4 is 29.4 Å². The van der Waals surface area contributed by atoms with E-state index < -0.39 is 11.9 Å². The van der Waals surface area contributed by atoms with Crippen LogP contribution < -0.4 is 4.90 Å². The number of rotatable bonds is 3. The van der Waals surface area contributed by atoms with Crippen molar-refractivity contribution in [3.63, 3.8) is 0 Å². The van der Waals surface area contributed by atoms with Crippen molar-refractivity contribution in [2.75, 3.05) is 44.2 Å². The zero-order valence-electron chi connectivity index (χ0n) is 15.3. The summed E-state index contributed by atoms with van der Waals surface area (Å²) < 4.78 is 4.72. The zero-order valence-corrected chi connectivity index (χ0v) is 15.3. The first kappa shape index (κ1) is 18.9. The fourth-order valence-corrected chi connectivity index (χ4v) is 3.44. The lowest BCUT2D eigenvalue weighted by atomic mass is 10.1. The molecule has 1 aromatic rings. The summed E-state index contributed by atoms with van der Waals surface area (Å²) in [7, 11) is 0. The van der Waals surface area contributed by atoms with Crippen LogP contribution in [0.4, 0.5) is 5.69 Å². The van der Waals surface area contributed by atoms with Gasteiger partial charge in [0, 0.05) is 44.8 Å². The fourth-order valence-electron chi connectivity index (χ4n) is 3.44. The highest BCUT2D eigenvalue weighted by Crippen LogP contribution is 2.26. The van der Waals surface area contributed by atoms with Gasteiger partial charge in [0.1, 0.15) is 0 Å². The molecule has 8 heteroatoms. The molecule has 0 spiro atoms. The molecule has 0 saturated carbocycles. The van der Waals surface area contributed by atoms with Crippen molar-refractivity contribution in [1.29, 1.82) is 0 Å². The molecule has 0 aliphatic carbocycles. The number of carbonyl (C=O) groups excluding carboxylic acids is 4. The van der Waals surface area contributed by atoms with Crippen molar-refractivity contribution in [1.82, 2.24) is 9.80 Å². The smallest absolute Gasteiger partial charge is 0.397 e. The zero-order chi connectivity index (χ0) is 19.4.